The summed E-state index contributed by atoms with van der Waals surface area (Å²) >= 11 is 1.27. The molecule has 8 heteroatoms. The fourth-order valence-corrected chi connectivity index (χ4v) is 3.12. The van der Waals surface area contributed by atoms with Gasteiger partial charge in [-0.1, -0.05) is 6.07 Å². The highest BCUT2D eigenvalue weighted by atomic mass is 32.1. The van der Waals surface area contributed by atoms with Crippen LogP contribution in [-0.2, 0) is 0 Å². The van der Waals surface area contributed by atoms with E-state index in [0.717, 1.165) is 27.2 Å². The zero-order valence-corrected chi connectivity index (χ0v) is 14.7. The van der Waals surface area contributed by atoms with Crippen LogP contribution in [0.5, 0.6) is 11.5 Å². The van der Waals surface area contributed by atoms with Crippen LogP contribution in [0.4, 0.5) is 5.00 Å². The Hall–Kier alpha value is -2.42. The van der Waals surface area contributed by atoms with E-state index in [1.54, 1.807) is 20.4 Å². The standard InChI is InChI=1S/C17H19N3O4S/c1-23-14-4-3-10(6-15(14)24-2)11-5-13-16(18-7-11)17(25-20-13)19-8-12(22)9-21/h3-7,12,19,21-22H,8-9H2,1-2H3. The minimum atomic E-state index is -0.816. The minimum absolute atomic E-state index is 0.243. The molecular formula is C17H19N3O4S. The molecule has 0 aliphatic carbocycles. The van der Waals surface area contributed by atoms with E-state index in [9.17, 15) is 5.11 Å². The molecule has 1 unspecified atom stereocenters. The van der Waals surface area contributed by atoms with Crippen molar-refractivity contribution < 1.29 is 19.7 Å². The number of aliphatic hydroxyl groups is 2. The number of fused-ring (bicyclic) bond motifs is 1. The Balaban J connectivity index is 1.89. The van der Waals surface area contributed by atoms with Crippen molar-refractivity contribution in [1.82, 2.24) is 9.36 Å². The first-order chi connectivity index (χ1) is 12.2. The third-order valence-electron chi connectivity index (χ3n) is 3.74. The Labute approximate surface area is 149 Å². The molecule has 7 nitrogen and oxygen atoms in total. The lowest BCUT2D eigenvalue weighted by Gasteiger charge is -2.10. The van der Waals surface area contributed by atoms with Crippen LogP contribution in [0.3, 0.4) is 0 Å². The summed E-state index contributed by atoms with van der Waals surface area (Å²) in [5.74, 6) is 1.32. The summed E-state index contributed by atoms with van der Waals surface area (Å²) in [5.41, 5.74) is 3.36. The molecule has 3 rings (SSSR count). The van der Waals surface area contributed by atoms with Crippen molar-refractivity contribution in [3.63, 3.8) is 0 Å². The molecule has 25 heavy (non-hydrogen) atoms. The maximum atomic E-state index is 9.44. The number of aliphatic hydroxyl groups excluding tert-OH is 2. The van der Waals surface area contributed by atoms with Crippen molar-refractivity contribution in [2.24, 2.45) is 0 Å². The molecule has 0 radical (unpaired) electrons. The van der Waals surface area contributed by atoms with Crippen LogP contribution in [0, 0.1) is 0 Å². The van der Waals surface area contributed by atoms with Crippen LogP contribution in [-0.4, -0.2) is 53.0 Å². The van der Waals surface area contributed by atoms with E-state index in [4.69, 9.17) is 14.6 Å². The van der Waals surface area contributed by atoms with Gasteiger partial charge >= 0.3 is 0 Å². The molecule has 0 aliphatic rings. The number of hydrogen-bond donors (Lipinski definition) is 3. The van der Waals surface area contributed by atoms with E-state index in [1.807, 2.05) is 24.3 Å². The van der Waals surface area contributed by atoms with E-state index in [0.29, 0.717) is 11.5 Å². The average molecular weight is 361 g/mol. The Morgan fingerprint density at radius 3 is 2.68 bits per heavy atom. The molecule has 1 atom stereocenters. The topological polar surface area (TPSA) is 96.7 Å². The molecule has 3 N–H and O–H groups in total. The lowest BCUT2D eigenvalue weighted by atomic mass is 10.1. The van der Waals surface area contributed by atoms with E-state index in [-0.39, 0.29) is 13.2 Å². The van der Waals surface area contributed by atoms with Crippen LogP contribution in [0.2, 0.25) is 0 Å². The number of rotatable bonds is 7. The number of aromatic nitrogens is 2. The number of nitrogens with one attached hydrogen (secondary N) is 1. The van der Waals surface area contributed by atoms with Gasteiger partial charge < -0.3 is 25.0 Å². The van der Waals surface area contributed by atoms with Gasteiger partial charge in [-0.25, -0.2) is 0 Å². The van der Waals surface area contributed by atoms with Crippen molar-refractivity contribution in [1.29, 1.82) is 0 Å². The molecule has 0 bridgehead atoms. The van der Waals surface area contributed by atoms with Gasteiger partial charge in [-0.2, -0.15) is 4.37 Å². The monoisotopic (exact) mass is 361 g/mol. The van der Waals surface area contributed by atoms with E-state index < -0.39 is 6.10 Å². The van der Waals surface area contributed by atoms with Gasteiger partial charge in [-0.05, 0) is 35.3 Å². The van der Waals surface area contributed by atoms with Gasteiger partial charge in [0.05, 0.1) is 26.9 Å². The smallest absolute Gasteiger partial charge is 0.161 e. The maximum Gasteiger partial charge on any atom is 0.161 e. The number of anilines is 1. The van der Waals surface area contributed by atoms with Crippen LogP contribution < -0.4 is 14.8 Å². The molecule has 3 aromatic rings. The molecule has 2 heterocycles. The van der Waals surface area contributed by atoms with Gasteiger partial charge in [0.15, 0.2) is 11.5 Å². The summed E-state index contributed by atoms with van der Waals surface area (Å²) in [4.78, 5) is 4.49. The second kappa shape index (κ2) is 7.64. The van der Waals surface area contributed by atoms with Crippen LogP contribution >= 0.6 is 11.5 Å². The minimum Gasteiger partial charge on any atom is -0.493 e. The fraction of sp³-hybridized carbons (Fsp3) is 0.294. The number of pyridine rings is 1. The molecular weight excluding hydrogens is 342 g/mol. The van der Waals surface area contributed by atoms with Crippen LogP contribution in [0.15, 0.2) is 30.5 Å². The van der Waals surface area contributed by atoms with Crippen LogP contribution in [0.25, 0.3) is 22.2 Å². The predicted molar refractivity (Wildman–Crippen MR) is 97.5 cm³/mol. The second-order valence-electron chi connectivity index (χ2n) is 5.39. The highest BCUT2D eigenvalue weighted by Gasteiger charge is 2.12. The van der Waals surface area contributed by atoms with Crippen molar-refractivity contribution in [3.8, 4) is 22.6 Å². The van der Waals surface area contributed by atoms with Gasteiger partial charge in [0, 0.05) is 18.3 Å². The zero-order valence-electron chi connectivity index (χ0n) is 13.9. The molecule has 0 spiro atoms. The number of hydrogen-bond acceptors (Lipinski definition) is 8. The van der Waals surface area contributed by atoms with Gasteiger partial charge in [0.1, 0.15) is 16.0 Å². The quantitative estimate of drug-likeness (QED) is 0.593. The number of benzene rings is 1. The first-order valence-electron chi connectivity index (χ1n) is 7.67. The first-order valence-corrected chi connectivity index (χ1v) is 8.44. The van der Waals surface area contributed by atoms with Crippen LogP contribution in [0.1, 0.15) is 0 Å². The summed E-state index contributed by atoms with van der Waals surface area (Å²) in [5, 5.41) is 22.1. The second-order valence-corrected chi connectivity index (χ2v) is 6.16. The summed E-state index contributed by atoms with van der Waals surface area (Å²) in [6, 6.07) is 7.63. The summed E-state index contributed by atoms with van der Waals surface area (Å²) < 4.78 is 15.0. The first kappa shape index (κ1) is 17.4. The molecule has 0 saturated carbocycles. The number of nitrogens with zero attached hydrogens (tertiary/aromatic N) is 2. The molecule has 2 aromatic heterocycles. The lowest BCUT2D eigenvalue weighted by Crippen LogP contribution is -2.22. The van der Waals surface area contributed by atoms with Crippen molar-refractivity contribution in [2.75, 3.05) is 32.7 Å². The van der Waals surface area contributed by atoms with Crippen molar-refractivity contribution in [3.05, 3.63) is 30.5 Å². The summed E-state index contributed by atoms with van der Waals surface area (Å²) in [6.45, 7) is -0.0481. The molecule has 0 amide bonds. The largest absolute Gasteiger partial charge is 0.493 e. The Kier molecular flexibility index (Phi) is 5.32. The normalized spacial score (nSPS) is 12.2. The molecule has 0 fully saturated rings. The Morgan fingerprint density at radius 2 is 1.96 bits per heavy atom. The Bertz CT molecular complexity index is 868. The highest BCUT2D eigenvalue weighted by Crippen LogP contribution is 2.34. The van der Waals surface area contributed by atoms with Gasteiger partial charge in [0.2, 0.25) is 0 Å². The Morgan fingerprint density at radius 1 is 1.16 bits per heavy atom. The fourth-order valence-electron chi connectivity index (χ4n) is 2.40. The average Bonchev–Trinajstić information content (AvgIpc) is 3.07. The van der Waals surface area contributed by atoms with E-state index >= 15 is 0 Å². The van der Waals surface area contributed by atoms with E-state index in [1.165, 1.54) is 11.5 Å². The van der Waals surface area contributed by atoms with Gasteiger partial charge in [0.25, 0.3) is 0 Å². The number of ether oxygens (including phenoxy) is 2. The predicted octanol–water partition coefficient (Wildman–Crippen LogP) is 2.14. The molecule has 0 saturated heterocycles. The zero-order chi connectivity index (χ0) is 17.8. The lowest BCUT2D eigenvalue weighted by molar-refractivity contribution is 0.105. The van der Waals surface area contributed by atoms with E-state index in [2.05, 4.69) is 14.7 Å². The number of methoxy groups -OCH3 is 2. The summed E-state index contributed by atoms with van der Waals surface area (Å²) in [7, 11) is 3.20. The highest BCUT2D eigenvalue weighted by molar-refractivity contribution is 7.11. The maximum absolute atomic E-state index is 9.44. The molecule has 132 valence electrons. The van der Waals surface area contributed by atoms with Crippen molar-refractivity contribution >= 4 is 27.6 Å². The summed E-state index contributed by atoms with van der Waals surface area (Å²) in [6.07, 6.45) is 0.953. The molecule has 1 aromatic carbocycles. The third-order valence-corrected chi connectivity index (χ3v) is 4.55. The third kappa shape index (κ3) is 3.65. The van der Waals surface area contributed by atoms with Crippen molar-refractivity contribution in [2.45, 2.75) is 6.10 Å². The van der Waals surface area contributed by atoms with Gasteiger partial charge in [-0.15, -0.1) is 0 Å². The van der Waals surface area contributed by atoms with Gasteiger partial charge in [-0.3, -0.25) is 4.98 Å². The molecule has 0 aliphatic heterocycles. The SMILES string of the molecule is COc1ccc(-c2cnc3c(NCC(O)CO)snc3c2)cc1OC.